The Labute approximate surface area is 116 Å². The van der Waals surface area contributed by atoms with E-state index in [0.717, 1.165) is 30.4 Å². The predicted octanol–water partition coefficient (Wildman–Crippen LogP) is 3.58. The van der Waals surface area contributed by atoms with Crippen LogP contribution in [0.1, 0.15) is 61.5 Å². The maximum absolute atomic E-state index is 12.5. The van der Waals surface area contributed by atoms with E-state index < -0.39 is 0 Å². The number of nitrogens with two attached hydrogens (primary N) is 1. The highest BCUT2D eigenvalue weighted by Gasteiger charge is 2.26. The minimum atomic E-state index is -0.108. The number of hydrogen-bond donors (Lipinski definition) is 2. The highest BCUT2D eigenvalue weighted by molar-refractivity contribution is 5.97. The fourth-order valence-electron chi connectivity index (χ4n) is 2.44. The number of nitrogens with one attached hydrogen (secondary N) is 1. The lowest BCUT2D eigenvalue weighted by Gasteiger charge is -2.32. The number of carbonyl (C=O) groups excluding carboxylic acids is 1. The summed E-state index contributed by atoms with van der Waals surface area (Å²) in [6.07, 6.45) is 2.81. The van der Waals surface area contributed by atoms with E-state index in [1.807, 2.05) is 19.9 Å². The first kappa shape index (κ1) is 15.5. The molecule has 0 fully saturated rings. The minimum absolute atomic E-state index is 0.0187. The molecule has 3 heteroatoms. The summed E-state index contributed by atoms with van der Waals surface area (Å²) < 4.78 is 0. The minimum Gasteiger partial charge on any atom is -0.398 e. The fraction of sp³-hybridized carbons (Fsp3) is 0.562. The Morgan fingerprint density at radius 2 is 1.63 bits per heavy atom. The molecule has 0 heterocycles. The monoisotopic (exact) mass is 262 g/mol. The zero-order valence-electron chi connectivity index (χ0n) is 12.8. The van der Waals surface area contributed by atoms with Crippen molar-refractivity contribution < 1.29 is 4.79 Å². The smallest absolute Gasteiger partial charge is 0.252 e. The van der Waals surface area contributed by atoms with Gasteiger partial charge in [0, 0.05) is 16.8 Å². The summed E-state index contributed by atoms with van der Waals surface area (Å²) >= 11 is 0. The van der Waals surface area contributed by atoms with Crippen LogP contribution in [0.15, 0.2) is 12.1 Å². The van der Waals surface area contributed by atoms with E-state index in [1.54, 1.807) is 6.07 Å². The van der Waals surface area contributed by atoms with Gasteiger partial charge in [0.05, 0.1) is 0 Å². The Balaban J connectivity index is 3.04. The van der Waals surface area contributed by atoms with Gasteiger partial charge in [0.2, 0.25) is 0 Å². The molecule has 0 radical (unpaired) electrons. The molecule has 0 aliphatic carbocycles. The van der Waals surface area contributed by atoms with Crippen molar-refractivity contribution in [1.29, 1.82) is 0 Å². The Kier molecular flexibility index (Phi) is 4.98. The number of anilines is 1. The molecule has 0 bridgehead atoms. The van der Waals surface area contributed by atoms with Gasteiger partial charge in [0.15, 0.2) is 0 Å². The molecular formula is C16H26N2O. The number of rotatable bonds is 5. The lowest BCUT2D eigenvalue weighted by atomic mass is 9.89. The van der Waals surface area contributed by atoms with E-state index in [-0.39, 0.29) is 11.4 Å². The summed E-state index contributed by atoms with van der Waals surface area (Å²) in [7, 11) is 0. The molecule has 0 aliphatic rings. The Morgan fingerprint density at radius 1 is 1.11 bits per heavy atom. The van der Waals surface area contributed by atoms with Gasteiger partial charge >= 0.3 is 0 Å². The third kappa shape index (κ3) is 3.28. The zero-order valence-corrected chi connectivity index (χ0v) is 12.8. The number of hydrogen-bond acceptors (Lipinski definition) is 2. The number of amides is 1. The van der Waals surface area contributed by atoms with Crippen LogP contribution in [-0.2, 0) is 0 Å². The summed E-state index contributed by atoms with van der Waals surface area (Å²) in [6.45, 7) is 10.3. The molecule has 3 nitrogen and oxygen atoms in total. The molecule has 19 heavy (non-hydrogen) atoms. The van der Waals surface area contributed by atoms with Crippen LogP contribution in [0.5, 0.6) is 0 Å². The van der Waals surface area contributed by atoms with E-state index in [1.165, 1.54) is 0 Å². The average Bonchev–Trinajstić information content (AvgIpc) is 2.40. The summed E-state index contributed by atoms with van der Waals surface area (Å²) in [5, 5.41) is 3.19. The number of nitrogen functional groups attached to an aromatic ring is 1. The molecule has 106 valence electrons. The van der Waals surface area contributed by atoms with E-state index in [9.17, 15) is 4.79 Å². The van der Waals surface area contributed by atoms with Crippen LogP contribution in [0.3, 0.4) is 0 Å². The first-order valence-corrected chi connectivity index (χ1v) is 7.08. The topological polar surface area (TPSA) is 55.1 Å². The molecule has 0 atom stereocenters. The van der Waals surface area contributed by atoms with E-state index in [4.69, 9.17) is 5.73 Å². The normalized spacial score (nSPS) is 11.4. The van der Waals surface area contributed by atoms with Gasteiger partial charge in [0.1, 0.15) is 0 Å². The predicted molar refractivity (Wildman–Crippen MR) is 81.4 cm³/mol. The van der Waals surface area contributed by atoms with Crippen molar-refractivity contribution in [1.82, 2.24) is 5.32 Å². The van der Waals surface area contributed by atoms with Gasteiger partial charge in [-0.25, -0.2) is 0 Å². The van der Waals surface area contributed by atoms with Crippen molar-refractivity contribution >= 4 is 11.6 Å². The first-order valence-electron chi connectivity index (χ1n) is 7.08. The second-order valence-electron chi connectivity index (χ2n) is 5.32. The molecule has 0 spiro atoms. The van der Waals surface area contributed by atoms with Gasteiger partial charge in [-0.15, -0.1) is 0 Å². The van der Waals surface area contributed by atoms with Gasteiger partial charge in [-0.3, -0.25) is 4.79 Å². The largest absolute Gasteiger partial charge is 0.398 e. The van der Waals surface area contributed by atoms with E-state index in [2.05, 4.69) is 26.1 Å². The molecule has 1 aromatic rings. The van der Waals surface area contributed by atoms with E-state index >= 15 is 0 Å². The van der Waals surface area contributed by atoms with Crippen molar-refractivity contribution in [3.63, 3.8) is 0 Å². The molecule has 1 rings (SSSR count). The van der Waals surface area contributed by atoms with Gasteiger partial charge in [-0.2, -0.15) is 0 Å². The molecule has 0 unspecified atom stereocenters. The second kappa shape index (κ2) is 6.09. The number of carbonyl (C=O) groups is 1. The Morgan fingerprint density at radius 3 is 2.11 bits per heavy atom. The van der Waals surface area contributed by atoms with E-state index in [0.29, 0.717) is 11.3 Å². The van der Waals surface area contributed by atoms with Gasteiger partial charge < -0.3 is 11.1 Å². The lowest BCUT2D eigenvalue weighted by molar-refractivity contribution is 0.0887. The molecular weight excluding hydrogens is 236 g/mol. The van der Waals surface area contributed by atoms with Crippen molar-refractivity contribution in [3.8, 4) is 0 Å². The van der Waals surface area contributed by atoms with Crippen LogP contribution in [0, 0.1) is 13.8 Å². The van der Waals surface area contributed by atoms with Crippen LogP contribution in [0.4, 0.5) is 5.69 Å². The molecule has 1 aromatic carbocycles. The quantitative estimate of drug-likeness (QED) is 0.797. The third-order valence-corrected chi connectivity index (χ3v) is 4.27. The molecule has 0 saturated heterocycles. The van der Waals surface area contributed by atoms with Crippen molar-refractivity contribution in [3.05, 3.63) is 28.8 Å². The van der Waals surface area contributed by atoms with Crippen LogP contribution < -0.4 is 11.1 Å². The van der Waals surface area contributed by atoms with Crippen LogP contribution in [0.25, 0.3) is 0 Å². The average molecular weight is 262 g/mol. The van der Waals surface area contributed by atoms with Crippen molar-refractivity contribution in [2.45, 2.75) is 59.4 Å². The molecule has 0 aromatic heterocycles. The summed E-state index contributed by atoms with van der Waals surface area (Å²) in [6, 6.07) is 3.75. The molecule has 1 amide bonds. The van der Waals surface area contributed by atoms with Gasteiger partial charge in [-0.1, -0.05) is 26.8 Å². The van der Waals surface area contributed by atoms with Crippen LogP contribution in [-0.4, -0.2) is 11.4 Å². The van der Waals surface area contributed by atoms with Crippen LogP contribution in [0.2, 0.25) is 0 Å². The fourth-order valence-corrected chi connectivity index (χ4v) is 2.44. The summed E-state index contributed by atoms with van der Waals surface area (Å²) in [5.74, 6) is -0.0187. The Hall–Kier alpha value is -1.51. The molecule has 0 aliphatic heterocycles. The van der Waals surface area contributed by atoms with Crippen molar-refractivity contribution in [2.75, 3.05) is 5.73 Å². The molecule has 0 saturated carbocycles. The summed E-state index contributed by atoms with van der Waals surface area (Å²) in [5.41, 5.74) is 9.14. The van der Waals surface area contributed by atoms with Gasteiger partial charge in [-0.05, 0) is 50.3 Å². The zero-order chi connectivity index (χ0) is 14.6. The third-order valence-electron chi connectivity index (χ3n) is 4.27. The second-order valence-corrected chi connectivity index (χ2v) is 5.32. The van der Waals surface area contributed by atoms with Gasteiger partial charge in [0.25, 0.3) is 5.91 Å². The maximum Gasteiger partial charge on any atom is 0.252 e. The maximum atomic E-state index is 12.5. The van der Waals surface area contributed by atoms with Crippen molar-refractivity contribution in [2.24, 2.45) is 0 Å². The molecule has 3 N–H and O–H groups in total. The first-order chi connectivity index (χ1) is 8.89. The number of benzene rings is 1. The highest BCUT2D eigenvalue weighted by atomic mass is 16.1. The lowest BCUT2D eigenvalue weighted by Crippen LogP contribution is -2.47. The Bertz CT molecular complexity index is 454. The SMILES string of the molecule is CCC(CC)(CC)NC(=O)c1cc(N)c(C)cc1C. The highest BCUT2D eigenvalue weighted by Crippen LogP contribution is 2.22. The number of aryl methyl sites for hydroxylation is 2. The summed E-state index contributed by atoms with van der Waals surface area (Å²) in [4.78, 5) is 12.5. The standard InChI is InChI=1S/C16H26N2O/c1-6-16(7-2,8-3)18-15(19)13-10-14(17)12(5)9-11(13)4/h9-10H,6-8,17H2,1-5H3,(H,18,19). The van der Waals surface area contributed by atoms with Crippen LogP contribution >= 0.6 is 0 Å².